The van der Waals surface area contributed by atoms with Crippen molar-refractivity contribution in [2.75, 3.05) is 0 Å². The van der Waals surface area contributed by atoms with Gasteiger partial charge < -0.3 is 0 Å². The SMILES string of the molecule is CCC#CCC.CCC=CCC.CCc1ccc(CC)cc1. The van der Waals surface area contributed by atoms with Gasteiger partial charge in [-0.3, -0.25) is 0 Å². The molecule has 0 nitrogen and oxygen atoms in total. The fraction of sp³-hybridized carbons (Fsp3) is 0.545. The molecular formula is C22H36. The molecule has 0 aliphatic rings. The molecule has 22 heavy (non-hydrogen) atoms. The van der Waals surface area contributed by atoms with Crippen LogP contribution in [-0.4, -0.2) is 0 Å². The lowest BCUT2D eigenvalue weighted by Crippen LogP contribution is -1.81. The van der Waals surface area contributed by atoms with Crippen LogP contribution in [0.15, 0.2) is 36.4 Å². The van der Waals surface area contributed by atoms with Crippen LogP contribution >= 0.6 is 0 Å². The highest BCUT2D eigenvalue weighted by atomic mass is 13.9. The quantitative estimate of drug-likeness (QED) is 0.415. The zero-order valence-corrected chi connectivity index (χ0v) is 15.7. The molecule has 0 aliphatic carbocycles. The lowest BCUT2D eigenvalue weighted by Gasteiger charge is -1.97. The molecule has 124 valence electrons. The maximum Gasteiger partial charge on any atom is 0.00602 e. The van der Waals surface area contributed by atoms with Gasteiger partial charge in [0.25, 0.3) is 0 Å². The van der Waals surface area contributed by atoms with Crippen molar-refractivity contribution in [3.63, 3.8) is 0 Å². The topological polar surface area (TPSA) is 0 Å². The molecule has 0 heterocycles. The Morgan fingerprint density at radius 1 is 0.636 bits per heavy atom. The first-order chi connectivity index (χ1) is 10.7. The first kappa shape index (κ1) is 22.8. The average molecular weight is 301 g/mol. The Morgan fingerprint density at radius 2 is 0.955 bits per heavy atom. The molecule has 1 aromatic rings. The fourth-order valence-electron chi connectivity index (χ4n) is 1.59. The molecule has 0 radical (unpaired) electrons. The van der Waals surface area contributed by atoms with E-state index in [0.29, 0.717) is 0 Å². The second-order valence-electron chi connectivity index (χ2n) is 4.87. The van der Waals surface area contributed by atoms with E-state index in [0.717, 1.165) is 25.7 Å². The Labute approximate surface area is 140 Å². The minimum atomic E-state index is 0.994. The lowest BCUT2D eigenvalue weighted by atomic mass is 10.1. The minimum Gasteiger partial charge on any atom is -0.104 e. The Hall–Kier alpha value is -1.48. The molecular weight excluding hydrogens is 264 g/mol. The second kappa shape index (κ2) is 19.5. The van der Waals surface area contributed by atoms with Gasteiger partial charge in [0.15, 0.2) is 0 Å². The lowest BCUT2D eigenvalue weighted by molar-refractivity contribution is 1.10. The van der Waals surface area contributed by atoms with Crippen molar-refractivity contribution in [1.29, 1.82) is 0 Å². The molecule has 0 unspecified atom stereocenters. The number of benzene rings is 1. The maximum atomic E-state index is 2.95. The van der Waals surface area contributed by atoms with Gasteiger partial charge in [-0.15, -0.1) is 11.8 Å². The molecule has 0 aromatic heterocycles. The van der Waals surface area contributed by atoms with E-state index < -0.39 is 0 Å². The first-order valence-corrected chi connectivity index (χ1v) is 8.88. The van der Waals surface area contributed by atoms with Crippen LogP contribution in [0.4, 0.5) is 0 Å². The van der Waals surface area contributed by atoms with Crippen LogP contribution < -0.4 is 0 Å². The summed E-state index contributed by atoms with van der Waals surface area (Å²) in [5.74, 6) is 5.90. The smallest absolute Gasteiger partial charge is 0.00602 e. The van der Waals surface area contributed by atoms with Crippen molar-refractivity contribution in [3.8, 4) is 11.8 Å². The molecule has 0 bridgehead atoms. The highest BCUT2D eigenvalue weighted by Crippen LogP contribution is 2.04. The van der Waals surface area contributed by atoms with E-state index in [-0.39, 0.29) is 0 Å². The van der Waals surface area contributed by atoms with E-state index >= 15 is 0 Å². The van der Waals surface area contributed by atoms with Gasteiger partial charge in [-0.1, -0.05) is 78.0 Å². The molecule has 0 N–H and O–H groups in total. The van der Waals surface area contributed by atoms with Gasteiger partial charge in [-0.25, -0.2) is 0 Å². The average Bonchev–Trinajstić information content (AvgIpc) is 2.59. The normalized spacial score (nSPS) is 9.00. The summed E-state index contributed by atoms with van der Waals surface area (Å²) in [6.07, 6.45) is 11.0. The van der Waals surface area contributed by atoms with Crippen LogP contribution in [0.1, 0.15) is 78.4 Å². The molecule has 0 spiro atoms. The van der Waals surface area contributed by atoms with Crippen molar-refractivity contribution >= 4 is 0 Å². The van der Waals surface area contributed by atoms with Gasteiger partial charge >= 0.3 is 0 Å². The highest BCUT2D eigenvalue weighted by molar-refractivity contribution is 5.22. The molecule has 0 heteroatoms. The summed E-state index contributed by atoms with van der Waals surface area (Å²) in [7, 11) is 0. The number of hydrogen-bond donors (Lipinski definition) is 0. The third kappa shape index (κ3) is 16.6. The largest absolute Gasteiger partial charge is 0.104 e. The van der Waals surface area contributed by atoms with Crippen molar-refractivity contribution in [2.45, 2.75) is 80.1 Å². The minimum absolute atomic E-state index is 0.994. The van der Waals surface area contributed by atoms with E-state index in [1.165, 1.54) is 24.0 Å². The Kier molecular flexibility index (Phi) is 20.2. The molecule has 1 aromatic carbocycles. The summed E-state index contributed by atoms with van der Waals surface area (Å²) in [6, 6.07) is 8.83. The van der Waals surface area contributed by atoms with E-state index in [1.807, 2.05) is 0 Å². The van der Waals surface area contributed by atoms with Gasteiger partial charge in [0.2, 0.25) is 0 Å². The molecule has 1 rings (SSSR count). The van der Waals surface area contributed by atoms with Gasteiger partial charge in [-0.2, -0.15) is 0 Å². The molecule has 0 saturated carbocycles. The zero-order chi connectivity index (χ0) is 17.1. The van der Waals surface area contributed by atoms with Crippen LogP contribution in [0.3, 0.4) is 0 Å². The van der Waals surface area contributed by atoms with E-state index in [4.69, 9.17) is 0 Å². The Balaban J connectivity index is 0. The maximum absolute atomic E-state index is 2.95. The van der Waals surface area contributed by atoms with Gasteiger partial charge in [-0.05, 0) is 36.8 Å². The van der Waals surface area contributed by atoms with Gasteiger partial charge in [0.1, 0.15) is 0 Å². The van der Waals surface area contributed by atoms with E-state index in [9.17, 15) is 0 Å². The number of rotatable bonds is 4. The summed E-state index contributed by atoms with van der Waals surface area (Å²) in [5, 5.41) is 0. The third-order valence-corrected chi connectivity index (χ3v) is 2.96. The van der Waals surface area contributed by atoms with Crippen LogP contribution in [0, 0.1) is 11.8 Å². The van der Waals surface area contributed by atoms with Gasteiger partial charge in [0, 0.05) is 12.8 Å². The number of hydrogen-bond acceptors (Lipinski definition) is 0. The molecule has 0 atom stereocenters. The summed E-state index contributed by atoms with van der Waals surface area (Å²) in [5.41, 5.74) is 2.86. The fourth-order valence-corrected chi connectivity index (χ4v) is 1.59. The first-order valence-electron chi connectivity index (χ1n) is 8.88. The van der Waals surface area contributed by atoms with Gasteiger partial charge in [0.05, 0.1) is 0 Å². The molecule has 0 aliphatic heterocycles. The standard InChI is InChI=1S/C10H14.C6H12.C6H10/c1-3-9-5-7-10(4-2)8-6-9;2*1-3-5-6-4-2/h5-8H,3-4H2,1-2H3;5-6H,3-4H2,1-2H3;3-4H2,1-2H3. The summed E-state index contributed by atoms with van der Waals surface area (Å²) >= 11 is 0. The zero-order valence-electron chi connectivity index (χ0n) is 15.7. The Morgan fingerprint density at radius 3 is 1.14 bits per heavy atom. The van der Waals surface area contributed by atoms with Crippen LogP contribution in [0.25, 0.3) is 0 Å². The van der Waals surface area contributed by atoms with Crippen molar-refractivity contribution in [1.82, 2.24) is 0 Å². The summed E-state index contributed by atoms with van der Waals surface area (Å²) in [4.78, 5) is 0. The predicted molar refractivity (Wildman–Crippen MR) is 103 cm³/mol. The van der Waals surface area contributed by atoms with Crippen LogP contribution in [-0.2, 0) is 12.8 Å². The highest BCUT2D eigenvalue weighted by Gasteiger charge is 1.88. The molecule has 0 saturated heterocycles. The number of aryl methyl sites for hydroxylation is 2. The number of allylic oxidation sites excluding steroid dienone is 2. The summed E-state index contributed by atoms with van der Waals surface area (Å²) in [6.45, 7) is 12.8. The molecule has 0 amide bonds. The molecule has 0 fully saturated rings. The van der Waals surface area contributed by atoms with E-state index in [1.54, 1.807) is 0 Å². The second-order valence-corrected chi connectivity index (χ2v) is 4.87. The van der Waals surface area contributed by atoms with Crippen LogP contribution in [0.5, 0.6) is 0 Å². The monoisotopic (exact) mass is 300 g/mol. The summed E-state index contributed by atoms with van der Waals surface area (Å²) < 4.78 is 0. The van der Waals surface area contributed by atoms with Crippen molar-refractivity contribution < 1.29 is 0 Å². The van der Waals surface area contributed by atoms with E-state index in [2.05, 4.69) is 89.8 Å². The van der Waals surface area contributed by atoms with Crippen molar-refractivity contribution in [2.24, 2.45) is 0 Å². The third-order valence-electron chi connectivity index (χ3n) is 2.96. The predicted octanol–water partition coefficient (Wildman–Crippen LogP) is 6.98. The Bertz CT molecular complexity index is 361. The van der Waals surface area contributed by atoms with Crippen molar-refractivity contribution in [3.05, 3.63) is 47.5 Å². The van der Waals surface area contributed by atoms with Crippen LogP contribution in [0.2, 0.25) is 0 Å².